The standard InChI is InChI=1S/C10H19F2N/c1-7(2)8-4-9(5-8)13-6-10(3,11)12/h7-9,13H,4-6H2,1-3H3/t8-,9+. The number of hydrogen-bond acceptors (Lipinski definition) is 1. The van der Waals surface area contributed by atoms with E-state index in [1.807, 2.05) is 0 Å². The first kappa shape index (κ1) is 10.9. The van der Waals surface area contributed by atoms with E-state index in [0.717, 1.165) is 25.7 Å². The number of hydrogen-bond donors (Lipinski definition) is 1. The first-order valence-electron chi connectivity index (χ1n) is 4.99. The van der Waals surface area contributed by atoms with E-state index in [-0.39, 0.29) is 6.54 Å². The highest BCUT2D eigenvalue weighted by atomic mass is 19.3. The summed E-state index contributed by atoms with van der Waals surface area (Å²) in [5.41, 5.74) is 0. The summed E-state index contributed by atoms with van der Waals surface area (Å²) in [6.45, 7) is 5.16. The molecule has 1 aliphatic carbocycles. The third-order valence-electron chi connectivity index (χ3n) is 2.82. The Hall–Kier alpha value is -0.180. The predicted octanol–water partition coefficient (Wildman–Crippen LogP) is 2.67. The van der Waals surface area contributed by atoms with Gasteiger partial charge in [-0.2, -0.15) is 0 Å². The van der Waals surface area contributed by atoms with Crippen molar-refractivity contribution < 1.29 is 8.78 Å². The first-order chi connectivity index (χ1) is 5.88. The molecule has 1 fully saturated rings. The Morgan fingerprint density at radius 3 is 2.31 bits per heavy atom. The van der Waals surface area contributed by atoms with E-state index in [9.17, 15) is 8.78 Å². The first-order valence-corrected chi connectivity index (χ1v) is 4.99. The van der Waals surface area contributed by atoms with Gasteiger partial charge in [0, 0.05) is 13.0 Å². The highest BCUT2D eigenvalue weighted by molar-refractivity contribution is 4.87. The molecule has 0 bridgehead atoms. The lowest BCUT2D eigenvalue weighted by Gasteiger charge is -2.39. The van der Waals surface area contributed by atoms with Crippen molar-refractivity contribution in [3.63, 3.8) is 0 Å². The maximum absolute atomic E-state index is 12.4. The summed E-state index contributed by atoms with van der Waals surface area (Å²) in [6, 6.07) is 0.332. The van der Waals surface area contributed by atoms with E-state index in [1.54, 1.807) is 0 Å². The second-order valence-electron chi connectivity index (χ2n) is 4.62. The molecule has 1 rings (SSSR count). The van der Waals surface area contributed by atoms with Crippen LogP contribution in [0.1, 0.15) is 33.6 Å². The van der Waals surface area contributed by atoms with E-state index >= 15 is 0 Å². The van der Waals surface area contributed by atoms with Crippen LogP contribution < -0.4 is 5.32 Å². The second kappa shape index (κ2) is 3.91. The Balaban J connectivity index is 2.09. The van der Waals surface area contributed by atoms with Crippen molar-refractivity contribution in [1.82, 2.24) is 5.32 Å². The largest absolute Gasteiger partial charge is 0.308 e. The van der Waals surface area contributed by atoms with Crippen LogP contribution in [-0.2, 0) is 0 Å². The number of halogens is 2. The van der Waals surface area contributed by atoms with Crippen molar-refractivity contribution in [3.8, 4) is 0 Å². The molecular weight excluding hydrogens is 172 g/mol. The molecule has 0 saturated heterocycles. The van der Waals surface area contributed by atoms with Crippen LogP contribution in [0.15, 0.2) is 0 Å². The summed E-state index contributed by atoms with van der Waals surface area (Å²) < 4.78 is 24.9. The third-order valence-corrected chi connectivity index (χ3v) is 2.82. The van der Waals surface area contributed by atoms with Gasteiger partial charge in [0.1, 0.15) is 0 Å². The summed E-state index contributed by atoms with van der Waals surface area (Å²) in [6.07, 6.45) is 2.13. The van der Waals surface area contributed by atoms with Gasteiger partial charge < -0.3 is 5.32 Å². The summed E-state index contributed by atoms with van der Waals surface area (Å²) in [5.74, 6) is -1.13. The van der Waals surface area contributed by atoms with E-state index in [4.69, 9.17) is 0 Å². The highest BCUT2D eigenvalue weighted by Gasteiger charge is 2.32. The van der Waals surface area contributed by atoms with Gasteiger partial charge in [-0.05, 0) is 24.7 Å². The molecule has 0 aliphatic heterocycles. The van der Waals surface area contributed by atoms with E-state index in [1.165, 1.54) is 0 Å². The zero-order chi connectivity index (χ0) is 10.1. The van der Waals surface area contributed by atoms with Crippen LogP contribution in [0, 0.1) is 11.8 Å². The van der Waals surface area contributed by atoms with Gasteiger partial charge in [0.05, 0.1) is 6.54 Å². The van der Waals surface area contributed by atoms with Crippen molar-refractivity contribution in [2.24, 2.45) is 11.8 Å². The van der Waals surface area contributed by atoms with Crippen molar-refractivity contribution in [2.45, 2.75) is 45.6 Å². The molecule has 0 spiro atoms. The van der Waals surface area contributed by atoms with Crippen LogP contribution in [0.3, 0.4) is 0 Å². The fraction of sp³-hybridized carbons (Fsp3) is 1.00. The molecule has 1 aliphatic rings. The molecule has 13 heavy (non-hydrogen) atoms. The van der Waals surface area contributed by atoms with Gasteiger partial charge in [-0.3, -0.25) is 0 Å². The molecule has 0 heterocycles. The summed E-state index contributed by atoms with van der Waals surface area (Å²) in [7, 11) is 0. The number of alkyl halides is 2. The molecule has 3 heteroatoms. The highest BCUT2D eigenvalue weighted by Crippen LogP contribution is 2.33. The molecular formula is C10H19F2N. The van der Waals surface area contributed by atoms with Gasteiger partial charge in [-0.15, -0.1) is 0 Å². The van der Waals surface area contributed by atoms with Gasteiger partial charge in [0.15, 0.2) is 0 Å². The van der Waals surface area contributed by atoms with Crippen molar-refractivity contribution in [3.05, 3.63) is 0 Å². The van der Waals surface area contributed by atoms with Crippen LogP contribution in [-0.4, -0.2) is 18.5 Å². The lowest BCUT2D eigenvalue weighted by Crippen LogP contribution is -2.46. The average Bonchev–Trinajstić information content (AvgIpc) is 1.79. The molecule has 0 amide bonds. The normalized spacial score (nSPS) is 29.1. The Kier molecular flexibility index (Phi) is 3.28. The topological polar surface area (TPSA) is 12.0 Å². The van der Waals surface area contributed by atoms with Gasteiger partial charge in [0.25, 0.3) is 5.92 Å². The SMILES string of the molecule is CC(C)[C@H]1C[C@@H](NCC(C)(F)F)C1. The third kappa shape index (κ3) is 3.59. The summed E-state index contributed by atoms with van der Waals surface area (Å²) in [5, 5.41) is 2.89. The van der Waals surface area contributed by atoms with Crippen LogP contribution >= 0.6 is 0 Å². The minimum Gasteiger partial charge on any atom is -0.308 e. The molecule has 1 nitrogen and oxygen atoms in total. The minimum atomic E-state index is -2.57. The number of nitrogens with one attached hydrogen (secondary N) is 1. The van der Waals surface area contributed by atoms with Gasteiger partial charge in [0.2, 0.25) is 0 Å². The summed E-state index contributed by atoms with van der Waals surface area (Å²) >= 11 is 0. The zero-order valence-electron chi connectivity index (χ0n) is 8.61. The molecule has 1 saturated carbocycles. The van der Waals surface area contributed by atoms with Crippen molar-refractivity contribution in [1.29, 1.82) is 0 Å². The smallest absolute Gasteiger partial charge is 0.257 e. The fourth-order valence-corrected chi connectivity index (χ4v) is 1.70. The number of rotatable bonds is 4. The van der Waals surface area contributed by atoms with Gasteiger partial charge >= 0.3 is 0 Å². The average molecular weight is 191 g/mol. The van der Waals surface area contributed by atoms with Crippen LogP contribution in [0.2, 0.25) is 0 Å². The van der Waals surface area contributed by atoms with Gasteiger partial charge in [-0.1, -0.05) is 13.8 Å². The Labute approximate surface area is 78.9 Å². The maximum atomic E-state index is 12.4. The minimum absolute atomic E-state index is 0.178. The monoisotopic (exact) mass is 191 g/mol. The van der Waals surface area contributed by atoms with E-state index in [0.29, 0.717) is 12.0 Å². The Morgan fingerprint density at radius 2 is 1.92 bits per heavy atom. The van der Waals surface area contributed by atoms with Crippen molar-refractivity contribution >= 4 is 0 Å². The lowest BCUT2D eigenvalue weighted by atomic mass is 9.73. The quantitative estimate of drug-likeness (QED) is 0.720. The van der Waals surface area contributed by atoms with Gasteiger partial charge in [-0.25, -0.2) is 8.78 Å². The molecule has 0 aromatic rings. The molecule has 0 unspecified atom stereocenters. The second-order valence-corrected chi connectivity index (χ2v) is 4.62. The van der Waals surface area contributed by atoms with Crippen LogP contribution in [0.25, 0.3) is 0 Å². The lowest BCUT2D eigenvalue weighted by molar-refractivity contribution is 0.0124. The zero-order valence-corrected chi connectivity index (χ0v) is 8.61. The molecule has 0 aromatic carbocycles. The van der Waals surface area contributed by atoms with E-state index in [2.05, 4.69) is 19.2 Å². The predicted molar refractivity (Wildman–Crippen MR) is 50.0 cm³/mol. The molecule has 78 valence electrons. The molecule has 1 N–H and O–H groups in total. The fourth-order valence-electron chi connectivity index (χ4n) is 1.70. The Bertz CT molecular complexity index is 157. The van der Waals surface area contributed by atoms with Crippen molar-refractivity contribution in [2.75, 3.05) is 6.54 Å². The summed E-state index contributed by atoms with van der Waals surface area (Å²) in [4.78, 5) is 0. The van der Waals surface area contributed by atoms with Crippen LogP contribution in [0.4, 0.5) is 8.78 Å². The molecule has 0 radical (unpaired) electrons. The maximum Gasteiger partial charge on any atom is 0.257 e. The Morgan fingerprint density at radius 1 is 1.38 bits per heavy atom. The molecule has 0 atom stereocenters. The molecule has 0 aromatic heterocycles. The van der Waals surface area contributed by atoms with Crippen LogP contribution in [0.5, 0.6) is 0 Å². The van der Waals surface area contributed by atoms with E-state index < -0.39 is 5.92 Å².